The van der Waals surface area contributed by atoms with Gasteiger partial charge in [0.15, 0.2) is 0 Å². The SMILES string of the molecule is CC#CCOc1ccc(-c2[c-]cc(Cl)c(=O)n2CC)c(Cl)c1.[Y]. The summed E-state index contributed by atoms with van der Waals surface area (Å²) in [6, 6.07) is 9.74. The van der Waals surface area contributed by atoms with Crippen LogP contribution in [0.15, 0.2) is 29.1 Å². The molecule has 1 radical (unpaired) electrons. The molecule has 0 N–H and O–H groups in total. The normalized spacial score (nSPS) is 9.57. The average Bonchev–Trinajstić information content (AvgIpc) is 2.51. The molecule has 2 aromatic rings. The summed E-state index contributed by atoms with van der Waals surface area (Å²) in [7, 11) is 0. The van der Waals surface area contributed by atoms with Crippen LogP contribution < -0.4 is 10.3 Å². The second kappa shape index (κ2) is 9.50. The van der Waals surface area contributed by atoms with Gasteiger partial charge in [-0.25, -0.2) is 0 Å². The molecule has 0 saturated carbocycles. The van der Waals surface area contributed by atoms with Gasteiger partial charge < -0.3 is 9.30 Å². The van der Waals surface area contributed by atoms with E-state index in [1.54, 1.807) is 25.1 Å². The Labute approximate surface area is 170 Å². The van der Waals surface area contributed by atoms with Gasteiger partial charge in [-0.2, -0.15) is 23.7 Å². The zero-order valence-electron chi connectivity index (χ0n) is 12.8. The van der Waals surface area contributed by atoms with Gasteiger partial charge in [-0.15, -0.1) is 12.0 Å². The van der Waals surface area contributed by atoms with E-state index in [2.05, 4.69) is 17.9 Å². The minimum Gasteiger partial charge on any atom is -0.481 e. The summed E-state index contributed by atoms with van der Waals surface area (Å²) < 4.78 is 6.99. The average molecular weight is 424 g/mol. The first-order valence-electron chi connectivity index (χ1n) is 6.71. The van der Waals surface area contributed by atoms with Gasteiger partial charge in [0, 0.05) is 44.3 Å². The predicted molar refractivity (Wildman–Crippen MR) is 89.6 cm³/mol. The third-order valence-corrected chi connectivity index (χ3v) is 3.64. The van der Waals surface area contributed by atoms with Crippen LogP contribution >= 0.6 is 23.2 Å². The van der Waals surface area contributed by atoms with Crippen molar-refractivity contribution in [3.8, 4) is 28.8 Å². The van der Waals surface area contributed by atoms with Crippen LogP contribution in [0, 0.1) is 17.9 Å². The summed E-state index contributed by atoms with van der Waals surface area (Å²) in [4.78, 5) is 12.1. The summed E-state index contributed by atoms with van der Waals surface area (Å²) in [6.07, 6.45) is 0. The van der Waals surface area contributed by atoms with Crippen LogP contribution in [0.4, 0.5) is 0 Å². The quantitative estimate of drug-likeness (QED) is 0.548. The van der Waals surface area contributed by atoms with Crippen molar-refractivity contribution in [1.29, 1.82) is 0 Å². The summed E-state index contributed by atoms with van der Waals surface area (Å²) in [5.74, 6) is 6.19. The first-order valence-corrected chi connectivity index (χ1v) is 7.47. The van der Waals surface area contributed by atoms with E-state index in [1.165, 1.54) is 10.6 Å². The Morgan fingerprint density at radius 2 is 2.04 bits per heavy atom. The number of rotatable bonds is 4. The fourth-order valence-electron chi connectivity index (χ4n) is 2.00. The number of nitrogens with zero attached hydrogens (tertiary/aromatic N) is 1. The first kappa shape index (κ1) is 20.3. The molecule has 0 fully saturated rings. The molecule has 117 valence electrons. The number of pyridine rings is 1. The van der Waals surface area contributed by atoms with Crippen molar-refractivity contribution in [3.63, 3.8) is 0 Å². The minimum absolute atomic E-state index is 0. The zero-order valence-corrected chi connectivity index (χ0v) is 17.2. The Balaban J connectivity index is 0.00000264. The number of halogens is 2. The molecule has 0 bridgehead atoms. The molecule has 1 aromatic carbocycles. The molecule has 6 heteroatoms. The fourth-order valence-corrected chi connectivity index (χ4v) is 2.41. The van der Waals surface area contributed by atoms with E-state index in [0.717, 1.165) is 0 Å². The van der Waals surface area contributed by atoms with Gasteiger partial charge >= 0.3 is 0 Å². The van der Waals surface area contributed by atoms with Gasteiger partial charge in [0.2, 0.25) is 5.56 Å². The Bertz CT molecular complexity index is 806. The largest absolute Gasteiger partial charge is 0.481 e. The fraction of sp³-hybridized carbons (Fsp3) is 0.235. The van der Waals surface area contributed by atoms with Crippen LogP contribution in [-0.2, 0) is 39.3 Å². The van der Waals surface area contributed by atoms with Gasteiger partial charge in [0.05, 0.1) is 0 Å². The van der Waals surface area contributed by atoms with Gasteiger partial charge in [-0.1, -0.05) is 28.8 Å². The predicted octanol–water partition coefficient (Wildman–Crippen LogP) is 4.04. The molecule has 23 heavy (non-hydrogen) atoms. The molecule has 0 amide bonds. The van der Waals surface area contributed by atoms with Gasteiger partial charge in [0.25, 0.3) is 0 Å². The van der Waals surface area contributed by atoms with Crippen molar-refractivity contribution < 1.29 is 37.4 Å². The Kier molecular flexibility index (Phi) is 8.36. The smallest absolute Gasteiger partial charge is 0.212 e. The summed E-state index contributed by atoms with van der Waals surface area (Å²) in [5, 5.41) is 0.613. The Morgan fingerprint density at radius 1 is 1.30 bits per heavy atom. The summed E-state index contributed by atoms with van der Waals surface area (Å²) in [6.45, 7) is 4.40. The van der Waals surface area contributed by atoms with Crippen molar-refractivity contribution in [2.24, 2.45) is 0 Å². The molecular weight excluding hydrogens is 410 g/mol. The molecule has 0 aliphatic rings. The minimum atomic E-state index is -0.257. The second-order valence-corrected chi connectivity index (χ2v) is 5.21. The van der Waals surface area contributed by atoms with E-state index in [4.69, 9.17) is 27.9 Å². The molecule has 0 aliphatic carbocycles. The van der Waals surface area contributed by atoms with Crippen molar-refractivity contribution >= 4 is 23.2 Å². The maximum atomic E-state index is 12.1. The van der Waals surface area contributed by atoms with Crippen LogP contribution in [0.25, 0.3) is 11.3 Å². The molecule has 1 heterocycles. The van der Waals surface area contributed by atoms with Crippen LogP contribution in [0.2, 0.25) is 10.0 Å². The van der Waals surface area contributed by atoms with Crippen molar-refractivity contribution in [2.45, 2.75) is 20.4 Å². The molecule has 0 unspecified atom stereocenters. The number of aromatic nitrogens is 1. The third kappa shape index (κ3) is 4.84. The van der Waals surface area contributed by atoms with Crippen molar-refractivity contribution in [3.05, 3.63) is 50.7 Å². The third-order valence-electron chi connectivity index (χ3n) is 3.05. The molecule has 2 rings (SSSR count). The Morgan fingerprint density at radius 3 is 2.65 bits per heavy atom. The molecular formula is C17H14Cl2NO2Y-. The topological polar surface area (TPSA) is 31.2 Å². The van der Waals surface area contributed by atoms with E-state index >= 15 is 0 Å². The van der Waals surface area contributed by atoms with Crippen molar-refractivity contribution in [2.75, 3.05) is 6.61 Å². The number of ether oxygens (including phenoxy) is 1. The summed E-state index contributed by atoms with van der Waals surface area (Å²) in [5.41, 5.74) is 1.04. The first-order chi connectivity index (χ1) is 10.6. The van der Waals surface area contributed by atoms with Crippen LogP contribution in [0.3, 0.4) is 0 Å². The van der Waals surface area contributed by atoms with E-state index in [-0.39, 0.29) is 43.3 Å². The second-order valence-electron chi connectivity index (χ2n) is 4.39. The summed E-state index contributed by atoms with van der Waals surface area (Å²) >= 11 is 12.2. The van der Waals surface area contributed by atoms with Gasteiger partial charge in [-0.05, 0) is 31.0 Å². The van der Waals surface area contributed by atoms with E-state index in [1.807, 2.05) is 6.92 Å². The van der Waals surface area contributed by atoms with Crippen LogP contribution in [0.5, 0.6) is 5.75 Å². The van der Waals surface area contributed by atoms with E-state index in [9.17, 15) is 4.79 Å². The van der Waals surface area contributed by atoms with Gasteiger partial charge in [-0.3, -0.25) is 4.79 Å². The number of hydrogen-bond donors (Lipinski definition) is 0. The molecule has 0 saturated heterocycles. The maximum Gasteiger partial charge on any atom is 0.212 e. The zero-order chi connectivity index (χ0) is 16.1. The molecule has 0 aliphatic heterocycles. The molecule has 3 nitrogen and oxygen atoms in total. The van der Waals surface area contributed by atoms with E-state index in [0.29, 0.717) is 35.2 Å². The van der Waals surface area contributed by atoms with Gasteiger partial charge in [0.1, 0.15) is 12.4 Å². The van der Waals surface area contributed by atoms with Crippen LogP contribution in [0.1, 0.15) is 13.8 Å². The molecule has 0 spiro atoms. The van der Waals surface area contributed by atoms with E-state index < -0.39 is 0 Å². The number of hydrogen-bond acceptors (Lipinski definition) is 2. The molecule has 0 atom stereocenters. The monoisotopic (exact) mass is 423 g/mol. The standard InChI is InChI=1S/C17H14Cl2NO2.Y/c1-3-5-10-22-12-6-7-13(15(19)11-12)16-9-8-14(18)17(21)20(16)4-2;/h6-8,11H,4,10H2,1-2H3;/q-1;. The Hall–Kier alpha value is -0.786. The molecule has 1 aromatic heterocycles. The number of benzene rings is 1. The maximum absolute atomic E-state index is 12.1. The van der Waals surface area contributed by atoms with Crippen molar-refractivity contribution in [1.82, 2.24) is 4.57 Å². The van der Waals surface area contributed by atoms with Crippen LogP contribution in [-0.4, -0.2) is 11.2 Å².